The Morgan fingerprint density at radius 2 is 1.96 bits per heavy atom. The predicted octanol–water partition coefficient (Wildman–Crippen LogP) is 1.60. The van der Waals surface area contributed by atoms with Gasteiger partial charge >= 0.3 is 0 Å². The predicted molar refractivity (Wildman–Crippen MR) is 91.6 cm³/mol. The molecule has 0 aliphatic rings. The number of para-hydroxylation sites is 1. The molecular formula is C16H18N6O2. The maximum atomic E-state index is 9.51. The highest BCUT2D eigenvalue weighted by Gasteiger charge is 2.13. The van der Waals surface area contributed by atoms with E-state index in [1.165, 1.54) is 7.11 Å². The van der Waals surface area contributed by atoms with Crippen LogP contribution in [0.4, 0.5) is 11.9 Å². The standard InChI is InChI=1S/C16H18N6O2/c1-22(2)16-20-14(19-15(18)21-16)11(9-17)8-10-6-5-7-12(23-3)13(10)24-4/h5-8H,1-4H3,(H2,18,19,20,21)/b11-8+. The van der Waals surface area contributed by atoms with Gasteiger partial charge in [0.25, 0.3) is 0 Å². The van der Waals surface area contributed by atoms with Crippen molar-refractivity contribution in [1.29, 1.82) is 5.26 Å². The molecule has 0 unspecified atom stereocenters. The highest BCUT2D eigenvalue weighted by molar-refractivity contribution is 5.89. The Hall–Kier alpha value is -3.34. The number of nitrogen functional groups attached to an aromatic ring is 1. The number of anilines is 2. The number of nitriles is 1. The number of hydrogen-bond acceptors (Lipinski definition) is 8. The van der Waals surface area contributed by atoms with Crippen molar-refractivity contribution in [2.45, 2.75) is 0 Å². The van der Waals surface area contributed by atoms with Crippen LogP contribution in [0.5, 0.6) is 11.5 Å². The van der Waals surface area contributed by atoms with Crippen molar-refractivity contribution in [2.24, 2.45) is 0 Å². The van der Waals surface area contributed by atoms with Gasteiger partial charge in [-0.2, -0.15) is 20.2 Å². The number of methoxy groups -OCH3 is 2. The number of rotatable bonds is 5. The molecule has 1 aromatic heterocycles. The second-order valence-corrected chi connectivity index (χ2v) is 4.96. The molecule has 8 heteroatoms. The van der Waals surface area contributed by atoms with Gasteiger partial charge in [0.05, 0.1) is 19.8 Å². The van der Waals surface area contributed by atoms with Crippen LogP contribution < -0.4 is 20.1 Å². The maximum absolute atomic E-state index is 9.51. The summed E-state index contributed by atoms with van der Waals surface area (Å²) in [5.74, 6) is 1.69. The summed E-state index contributed by atoms with van der Waals surface area (Å²) in [4.78, 5) is 14.0. The van der Waals surface area contributed by atoms with Gasteiger partial charge in [-0.05, 0) is 12.1 Å². The third-order valence-electron chi connectivity index (χ3n) is 3.14. The lowest BCUT2D eigenvalue weighted by Crippen LogP contribution is -2.15. The van der Waals surface area contributed by atoms with Crippen LogP contribution in [0, 0.1) is 11.3 Å². The summed E-state index contributed by atoms with van der Waals surface area (Å²) in [6, 6.07) is 7.46. The largest absolute Gasteiger partial charge is 0.493 e. The van der Waals surface area contributed by atoms with Crippen molar-refractivity contribution in [3.8, 4) is 17.6 Å². The molecule has 2 N–H and O–H groups in total. The summed E-state index contributed by atoms with van der Waals surface area (Å²) in [5, 5.41) is 9.51. The number of nitrogens with two attached hydrogens (primary N) is 1. The van der Waals surface area contributed by atoms with Gasteiger partial charge in [0.15, 0.2) is 17.3 Å². The van der Waals surface area contributed by atoms with Crippen molar-refractivity contribution in [3.63, 3.8) is 0 Å². The lowest BCUT2D eigenvalue weighted by molar-refractivity contribution is 0.354. The summed E-state index contributed by atoms with van der Waals surface area (Å²) in [7, 11) is 6.64. The van der Waals surface area contributed by atoms with Gasteiger partial charge in [0, 0.05) is 19.7 Å². The molecule has 0 saturated heterocycles. The summed E-state index contributed by atoms with van der Waals surface area (Å²) < 4.78 is 10.6. The van der Waals surface area contributed by atoms with Crippen LogP contribution in [0.25, 0.3) is 11.6 Å². The molecule has 2 aromatic rings. The van der Waals surface area contributed by atoms with E-state index in [0.717, 1.165) is 0 Å². The third kappa shape index (κ3) is 3.52. The minimum Gasteiger partial charge on any atom is -0.493 e. The minimum absolute atomic E-state index is 0.0439. The molecule has 0 aliphatic heterocycles. The van der Waals surface area contributed by atoms with Crippen LogP contribution in [0.1, 0.15) is 11.4 Å². The zero-order chi connectivity index (χ0) is 17.7. The van der Waals surface area contributed by atoms with E-state index in [1.54, 1.807) is 50.4 Å². The Balaban J connectivity index is 2.58. The fourth-order valence-corrected chi connectivity index (χ4v) is 2.03. The van der Waals surface area contributed by atoms with Gasteiger partial charge in [0.2, 0.25) is 11.9 Å². The molecule has 8 nitrogen and oxygen atoms in total. The molecule has 24 heavy (non-hydrogen) atoms. The van der Waals surface area contributed by atoms with Crippen LogP contribution in [0.2, 0.25) is 0 Å². The average molecular weight is 326 g/mol. The van der Waals surface area contributed by atoms with Crippen molar-refractivity contribution in [1.82, 2.24) is 15.0 Å². The minimum atomic E-state index is 0.0439. The van der Waals surface area contributed by atoms with Crippen molar-refractivity contribution >= 4 is 23.5 Å². The summed E-state index contributed by atoms with van der Waals surface area (Å²) >= 11 is 0. The fraction of sp³-hybridized carbons (Fsp3) is 0.250. The summed E-state index contributed by atoms with van der Waals surface area (Å²) in [6.45, 7) is 0. The molecule has 0 aliphatic carbocycles. The Labute approximate surface area is 140 Å². The van der Waals surface area contributed by atoms with E-state index < -0.39 is 0 Å². The van der Waals surface area contributed by atoms with Crippen molar-refractivity contribution in [2.75, 3.05) is 38.9 Å². The first-order valence-electron chi connectivity index (χ1n) is 7.02. The number of ether oxygens (including phenoxy) is 2. The lowest BCUT2D eigenvalue weighted by atomic mass is 10.1. The first-order valence-corrected chi connectivity index (χ1v) is 7.02. The molecule has 0 amide bonds. The SMILES string of the molecule is COc1cccc(/C=C(\C#N)c2nc(N)nc(N(C)C)n2)c1OC. The number of nitrogens with zero attached hydrogens (tertiary/aromatic N) is 5. The van der Waals surface area contributed by atoms with E-state index in [1.807, 2.05) is 0 Å². The first kappa shape index (κ1) is 17.0. The highest BCUT2D eigenvalue weighted by Crippen LogP contribution is 2.33. The van der Waals surface area contributed by atoms with E-state index in [-0.39, 0.29) is 17.3 Å². The van der Waals surface area contributed by atoms with Crippen LogP contribution in [0.3, 0.4) is 0 Å². The van der Waals surface area contributed by atoms with Gasteiger partial charge in [-0.1, -0.05) is 12.1 Å². The van der Waals surface area contributed by atoms with E-state index >= 15 is 0 Å². The Bertz CT molecular complexity index is 811. The molecule has 2 rings (SSSR count). The van der Waals surface area contributed by atoms with Crippen LogP contribution >= 0.6 is 0 Å². The molecule has 0 atom stereocenters. The van der Waals surface area contributed by atoms with Crippen LogP contribution in [-0.4, -0.2) is 43.3 Å². The van der Waals surface area contributed by atoms with E-state index in [0.29, 0.717) is 23.0 Å². The van der Waals surface area contributed by atoms with E-state index in [4.69, 9.17) is 15.2 Å². The van der Waals surface area contributed by atoms with Gasteiger partial charge < -0.3 is 20.1 Å². The molecular weight excluding hydrogens is 308 g/mol. The molecule has 0 spiro atoms. The average Bonchev–Trinajstić information content (AvgIpc) is 2.58. The molecule has 0 radical (unpaired) electrons. The number of allylic oxidation sites excluding steroid dienone is 1. The van der Waals surface area contributed by atoms with Crippen molar-refractivity contribution in [3.05, 3.63) is 29.6 Å². The molecule has 1 heterocycles. The van der Waals surface area contributed by atoms with Crippen LogP contribution in [-0.2, 0) is 0 Å². The molecule has 0 saturated carbocycles. The first-order chi connectivity index (χ1) is 11.5. The van der Waals surface area contributed by atoms with Gasteiger partial charge in [-0.25, -0.2) is 0 Å². The quantitative estimate of drug-likeness (QED) is 0.825. The second-order valence-electron chi connectivity index (χ2n) is 4.96. The Morgan fingerprint density at radius 1 is 1.21 bits per heavy atom. The van der Waals surface area contributed by atoms with Gasteiger partial charge in [0.1, 0.15) is 6.07 Å². The smallest absolute Gasteiger partial charge is 0.230 e. The molecule has 124 valence electrons. The maximum Gasteiger partial charge on any atom is 0.230 e. The monoisotopic (exact) mass is 326 g/mol. The Kier molecular flexibility index (Phi) is 5.16. The molecule has 1 aromatic carbocycles. The highest BCUT2D eigenvalue weighted by atomic mass is 16.5. The lowest BCUT2D eigenvalue weighted by Gasteiger charge is -2.12. The normalized spacial score (nSPS) is 10.9. The molecule has 0 fully saturated rings. The number of benzene rings is 1. The topological polar surface area (TPSA) is 110 Å². The third-order valence-corrected chi connectivity index (χ3v) is 3.14. The number of hydrogen-bond donors (Lipinski definition) is 1. The summed E-state index contributed by atoms with van der Waals surface area (Å²) in [5.41, 5.74) is 6.62. The van der Waals surface area contributed by atoms with Crippen LogP contribution in [0.15, 0.2) is 18.2 Å². The van der Waals surface area contributed by atoms with Gasteiger partial charge in [-0.15, -0.1) is 0 Å². The summed E-state index contributed by atoms with van der Waals surface area (Å²) in [6.07, 6.45) is 1.62. The molecule has 0 bridgehead atoms. The number of aromatic nitrogens is 3. The zero-order valence-corrected chi connectivity index (χ0v) is 13.9. The van der Waals surface area contributed by atoms with E-state index in [9.17, 15) is 5.26 Å². The zero-order valence-electron chi connectivity index (χ0n) is 13.9. The Morgan fingerprint density at radius 3 is 2.54 bits per heavy atom. The van der Waals surface area contributed by atoms with Gasteiger partial charge in [-0.3, -0.25) is 0 Å². The van der Waals surface area contributed by atoms with Crippen molar-refractivity contribution < 1.29 is 9.47 Å². The second kappa shape index (κ2) is 7.28. The van der Waals surface area contributed by atoms with E-state index in [2.05, 4.69) is 21.0 Å². The fourth-order valence-electron chi connectivity index (χ4n) is 2.03.